The number of ether oxygens (including phenoxy) is 1. The summed E-state index contributed by atoms with van der Waals surface area (Å²) in [6.45, 7) is 0.804. The number of hydrogen-bond donors (Lipinski definition) is 2. The van der Waals surface area contributed by atoms with E-state index in [-0.39, 0.29) is 11.6 Å². The summed E-state index contributed by atoms with van der Waals surface area (Å²) in [6.07, 6.45) is 1.87. The lowest BCUT2D eigenvalue weighted by Gasteiger charge is -2.09. The van der Waals surface area contributed by atoms with Crippen molar-refractivity contribution in [3.05, 3.63) is 36.1 Å². The molecule has 1 heterocycles. The van der Waals surface area contributed by atoms with Crippen molar-refractivity contribution in [2.24, 2.45) is 0 Å². The van der Waals surface area contributed by atoms with Gasteiger partial charge in [0.25, 0.3) is 0 Å². The van der Waals surface area contributed by atoms with E-state index in [0.717, 1.165) is 0 Å². The van der Waals surface area contributed by atoms with E-state index in [9.17, 15) is 4.39 Å². The largest absolute Gasteiger partial charge is 0.489 e. The highest BCUT2D eigenvalue weighted by molar-refractivity contribution is 7.98. The number of hydrogen-bond acceptors (Lipinski definition) is 6. The molecule has 7 heteroatoms. The van der Waals surface area contributed by atoms with Gasteiger partial charge in [0.2, 0.25) is 0 Å². The summed E-state index contributed by atoms with van der Waals surface area (Å²) in [7, 11) is 0. The molecule has 1 aromatic carbocycles. The molecular weight excluding hydrogens is 279 g/mol. The molecule has 0 radical (unpaired) electrons. The molecule has 0 saturated carbocycles. The summed E-state index contributed by atoms with van der Waals surface area (Å²) >= 11 is 1.41. The zero-order valence-corrected chi connectivity index (χ0v) is 11.8. The lowest BCUT2D eigenvalue weighted by molar-refractivity contribution is 0.315. The molecule has 106 valence electrons. The summed E-state index contributed by atoms with van der Waals surface area (Å²) in [4.78, 5) is 8.29. The van der Waals surface area contributed by atoms with E-state index in [1.165, 1.54) is 17.8 Å². The molecule has 0 aliphatic carbocycles. The average Bonchev–Trinajstić information content (AvgIpc) is 2.44. The normalized spacial score (nSPS) is 10.3. The smallest absolute Gasteiger partial charge is 0.191 e. The molecule has 0 aliphatic rings. The average molecular weight is 294 g/mol. The van der Waals surface area contributed by atoms with Crippen LogP contribution in [0.1, 0.15) is 0 Å². The van der Waals surface area contributed by atoms with Crippen LogP contribution in [0.3, 0.4) is 0 Å². The second-order valence-corrected chi connectivity index (χ2v) is 4.64. The van der Waals surface area contributed by atoms with Crippen LogP contribution in [0.15, 0.2) is 35.5 Å². The fourth-order valence-corrected chi connectivity index (χ4v) is 1.91. The number of halogens is 1. The molecule has 2 rings (SSSR count). The van der Waals surface area contributed by atoms with Crippen LogP contribution in [-0.4, -0.2) is 29.4 Å². The number of rotatable bonds is 6. The maximum atomic E-state index is 13.3. The van der Waals surface area contributed by atoms with Gasteiger partial charge < -0.3 is 15.8 Å². The van der Waals surface area contributed by atoms with Crippen molar-refractivity contribution in [3.63, 3.8) is 0 Å². The Morgan fingerprint density at radius 3 is 2.90 bits per heavy atom. The number of benzene rings is 1. The number of anilines is 2. The van der Waals surface area contributed by atoms with Gasteiger partial charge in [0.1, 0.15) is 18.2 Å². The molecule has 0 atom stereocenters. The molecule has 1 aromatic heterocycles. The van der Waals surface area contributed by atoms with Crippen LogP contribution in [0.25, 0.3) is 0 Å². The minimum atomic E-state index is -0.372. The number of aromatic nitrogens is 2. The van der Waals surface area contributed by atoms with Gasteiger partial charge in [0.15, 0.2) is 16.7 Å². The van der Waals surface area contributed by atoms with Crippen molar-refractivity contribution in [1.29, 1.82) is 0 Å². The molecule has 5 nitrogen and oxygen atoms in total. The fraction of sp³-hybridized carbons (Fsp3) is 0.231. The minimum absolute atomic E-state index is 0.237. The van der Waals surface area contributed by atoms with Gasteiger partial charge in [-0.25, -0.2) is 14.4 Å². The van der Waals surface area contributed by atoms with E-state index in [4.69, 9.17) is 10.5 Å². The molecule has 20 heavy (non-hydrogen) atoms. The van der Waals surface area contributed by atoms with E-state index in [1.54, 1.807) is 24.3 Å². The third kappa shape index (κ3) is 3.99. The Kier molecular flexibility index (Phi) is 5.00. The Morgan fingerprint density at radius 2 is 2.15 bits per heavy atom. The van der Waals surface area contributed by atoms with Gasteiger partial charge in [-0.3, -0.25) is 0 Å². The zero-order chi connectivity index (χ0) is 14.4. The number of nitrogens with one attached hydrogen (secondary N) is 1. The molecule has 2 aromatic rings. The Balaban J connectivity index is 1.84. The maximum Gasteiger partial charge on any atom is 0.191 e. The SMILES string of the molecule is CSc1nc(N)cc(NCCOc2ccccc2F)n1. The van der Waals surface area contributed by atoms with Crippen molar-refractivity contribution in [3.8, 4) is 5.75 Å². The van der Waals surface area contributed by atoms with Gasteiger partial charge in [-0.1, -0.05) is 23.9 Å². The lowest BCUT2D eigenvalue weighted by atomic mass is 10.3. The van der Waals surface area contributed by atoms with Crippen LogP contribution in [0.5, 0.6) is 5.75 Å². The van der Waals surface area contributed by atoms with Gasteiger partial charge in [0, 0.05) is 6.07 Å². The Labute approximate surface area is 120 Å². The predicted molar refractivity (Wildman–Crippen MR) is 78.6 cm³/mol. The quantitative estimate of drug-likeness (QED) is 0.484. The first-order valence-corrected chi connectivity index (χ1v) is 7.21. The summed E-state index contributed by atoms with van der Waals surface area (Å²) in [5.74, 6) is 0.894. The standard InChI is InChI=1S/C13H15FN4OS/c1-20-13-17-11(15)8-12(18-13)16-6-7-19-10-5-3-2-4-9(10)14/h2-5,8H,6-7H2,1H3,(H3,15,16,17,18). The minimum Gasteiger partial charge on any atom is -0.489 e. The third-order valence-electron chi connectivity index (χ3n) is 2.41. The summed E-state index contributed by atoms with van der Waals surface area (Å²) < 4.78 is 18.6. The van der Waals surface area contributed by atoms with E-state index >= 15 is 0 Å². The molecule has 0 amide bonds. The summed E-state index contributed by atoms with van der Waals surface area (Å²) in [5.41, 5.74) is 5.66. The molecule has 0 aliphatic heterocycles. The van der Waals surface area contributed by atoms with E-state index in [2.05, 4.69) is 15.3 Å². The number of nitrogens with zero attached hydrogens (tertiary/aromatic N) is 2. The second-order valence-electron chi connectivity index (χ2n) is 3.87. The van der Waals surface area contributed by atoms with E-state index in [1.807, 2.05) is 6.26 Å². The predicted octanol–water partition coefficient (Wildman–Crippen LogP) is 2.41. The third-order valence-corrected chi connectivity index (χ3v) is 2.96. The molecule has 0 saturated heterocycles. The number of nitrogens with two attached hydrogens (primary N) is 1. The molecule has 0 bridgehead atoms. The van der Waals surface area contributed by atoms with Gasteiger partial charge in [-0.15, -0.1) is 0 Å². The highest BCUT2D eigenvalue weighted by atomic mass is 32.2. The van der Waals surface area contributed by atoms with Gasteiger partial charge in [0.05, 0.1) is 6.54 Å². The van der Waals surface area contributed by atoms with Crippen LogP contribution in [0.4, 0.5) is 16.0 Å². The van der Waals surface area contributed by atoms with Gasteiger partial charge in [-0.2, -0.15) is 0 Å². The van der Waals surface area contributed by atoms with Crippen molar-refractivity contribution < 1.29 is 9.13 Å². The van der Waals surface area contributed by atoms with Crippen molar-refractivity contribution in [2.45, 2.75) is 5.16 Å². The first-order chi connectivity index (χ1) is 9.69. The summed E-state index contributed by atoms with van der Waals surface area (Å²) in [5, 5.41) is 3.66. The lowest BCUT2D eigenvalue weighted by Crippen LogP contribution is -2.13. The Morgan fingerprint density at radius 1 is 1.35 bits per heavy atom. The van der Waals surface area contributed by atoms with E-state index in [0.29, 0.717) is 29.9 Å². The molecule has 0 fully saturated rings. The van der Waals surface area contributed by atoms with Crippen LogP contribution >= 0.6 is 11.8 Å². The topological polar surface area (TPSA) is 73.1 Å². The van der Waals surface area contributed by atoms with Gasteiger partial charge in [-0.05, 0) is 18.4 Å². The highest BCUT2D eigenvalue weighted by Crippen LogP contribution is 2.16. The monoisotopic (exact) mass is 294 g/mol. The molecule has 3 N–H and O–H groups in total. The Bertz CT molecular complexity index is 582. The van der Waals surface area contributed by atoms with Crippen LogP contribution < -0.4 is 15.8 Å². The van der Waals surface area contributed by atoms with Crippen LogP contribution in [0, 0.1) is 5.82 Å². The van der Waals surface area contributed by atoms with Gasteiger partial charge >= 0.3 is 0 Å². The van der Waals surface area contributed by atoms with E-state index < -0.39 is 0 Å². The first kappa shape index (κ1) is 14.4. The summed E-state index contributed by atoms with van der Waals surface area (Å²) in [6, 6.07) is 7.93. The highest BCUT2D eigenvalue weighted by Gasteiger charge is 2.03. The fourth-order valence-electron chi connectivity index (χ4n) is 1.53. The Hall–Kier alpha value is -2.02. The van der Waals surface area contributed by atoms with Crippen molar-refractivity contribution in [1.82, 2.24) is 9.97 Å². The number of thioether (sulfide) groups is 1. The maximum absolute atomic E-state index is 13.3. The van der Waals surface area contributed by atoms with Crippen molar-refractivity contribution in [2.75, 3.05) is 30.5 Å². The first-order valence-electron chi connectivity index (χ1n) is 5.99. The molecule has 0 spiro atoms. The molecular formula is C13H15FN4OS. The molecule has 0 unspecified atom stereocenters. The van der Waals surface area contributed by atoms with Crippen molar-refractivity contribution >= 4 is 23.4 Å². The van der Waals surface area contributed by atoms with Crippen LogP contribution in [0.2, 0.25) is 0 Å². The van der Waals surface area contributed by atoms with Crippen LogP contribution in [-0.2, 0) is 0 Å². The number of nitrogen functional groups attached to an aromatic ring is 1. The zero-order valence-electron chi connectivity index (χ0n) is 11.0. The number of para-hydroxylation sites is 1. The second kappa shape index (κ2) is 6.95.